The van der Waals surface area contributed by atoms with Crippen LogP contribution in [0.3, 0.4) is 0 Å². The van der Waals surface area contributed by atoms with Gasteiger partial charge < -0.3 is 4.57 Å². The van der Waals surface area contributed by atoms with Crippen LogP contribution in [0.2, 0.25) is 0 Å². The maximum Gasteiger partial charge on any atom is 0.0704 e. The highest BCUT2D eigenvalue weighted by Crippen LogP contribution is 2.32. The van der Waals surface area contributed by atoms with Crippen molar-refractivity contribution in [2.75, 3.05) is 0 Å². The lowest BCUT2D eigenvalue weighted by Crippen LogP contribution is -1.94. The Balaban J connectivity index is 1.68. The Morgan fingerprint density at radius 1 is 0.667 bits per heavy atom. The second kappa shape index (κ2) is 6.10. The van der Waals surface area contributed by atoms with Crippen LogP contribution in [0.15, 0.2) is 85.1 Å². The van der Waals surface area contributed by atoms with Crippen LogP contribution in [-0.4, -0.2) is 9.55 Å². The van der Waals surface area contributed by atoms with Gasteiger partial charge in [-0.1, -0.05) is 48.5 Å². The Morgan fingerprint density at radius 2 is 1.26 bits per heavy atom. The first-order valence-corrected chi connectivity index (χ1v) is 9.24. The van der Waals surface area contributed by atoms with E-state index in [2.05, 4.69) is 102 Å². The second-order valence-corrected chi connectivity index (χ2v) is 7.07. The third kappa shape index (κ3) is 2.53. The highest BCUT2D eigenvalue weighted by molar-refractivity contribution is 6.09. The molecule has 0 unspecified atom stereocenters. The van der Waals surface area contributed by atoms with Crippen LogP contribution < -0.4 is 0 Å². The summed E-state index contributed by atoms with van der Waals surface area (Å²) in [4.78, 5) is 4.59. The number of hydrogen-bond donors (Lipinski definition) is 0. The first-order chi connectivity index (χ1) is 13.2. The summed E-state index contributed by atoms with van der Waals surface area (Å²) in [5, 5.41) is 2.57. The third-order valence-corrected chi connectivity index (χ3v) is 5.37. The lowest BCUT2D eigenvalue weighted by Gasteiger charge is -2.09. The zero-order valence-corrected chi connectivity index (χ0v) is 15.5. The number of rotatable bonds is 2. The predicted molar refractivity (Wildman–Crippen MR) is 113 cm³/mol. The Hall–Kier alpha value is -3.39. The molecule has 0 amide bonds. The number of fused-ring (bicyclic) bond motifs is 3. The van der Waals surface area contributed by atoms with Crippen LogP contribution in [0.1, 0.15) is 11.1 Å². The second-order valence-electron chi connectivity index (χ2n) is 7.07. The molecular formula is C25H20N2. The molecule has 5 aromatic rings. The van der Waals surface area contributed by atoms with Gasteiger partial charge in [0.1, 0.15) is 0 Å². The normalized spacial score (nSPS) is 11.3. The molecule has 2 aromatic heterocycles. The lowest BCUT2D eigenvalue weighted by molar-refractivity contribution is 1.18. The largest absolute Gasteiger partial charge is 0.309 e. The summed E-state index contributed by atoms with van der Waals surface area (Å²) in [6, 6.07) is 28.0. The number of para-hydroxylation sites is 2. The number of benzene rings is 3. The van der Waals surface area contributed by atoms with Gasteiger partial charge in [-0.3, -0.25) is 4.98 Å². The predicted octanol–water partition coefficient (Wildman–Crippen LogP) is 6.46. The zero-order valence-electron chi connectivity index (χ0n) is 15.5. The molecule has 27 heavy (non-hydrogen) atoms. The Morgan fingerprint density at radius 3 is 1.85 bits per heavy atom. The fourth-order valence-electron chi connectivity index (χ4n) is 3.76. The van der Waals surface area contributed by atoms with E-state index in [4.69, 9.17) is 0 Å². The molecule has 0 aliphatic carbocycles. The van der Waals surface area contributed by atoms with Crippen molar-refractivity contribution in [3.05, 3.63) is 96.2 Å². The molecule has 0 saturated heterocycles. The van der Waals surface area contributed by atoms with Crippen LogP contribution in [0.25, 0.3) is 38.8 Å². The Labute approximate surface area is 158 Å². The summed E-state index contributed by atoms with van der Waals surface area (Å²) in [5.74, 6) is 0. The van der Waals surface area contributed by atoms with E-state index in [9.17, 15) is 0 Å². The van der Waals surface area contributed by atoms with E-state index in [1.165, 1.54) is 38.6 Å². The molecule has 0 saturated carbocycles. The molecule has 0 spiro atoms. The summed E-state index contributed by atoms with van der Waals surface area (Å²) < 4.78 is 2.34. The zero-order chi connectivity index (χ0) is 18.4. The number of nitrogens with zero attached hydrogens (tertiary/aromatic N) is 2. The minimum atomic E-state index is 1.02. The van der Waals surface area contributed by atoms with Gasteiger partial charge in [0.05, 0.1) is 16.7 Å². The van der Waals surface area contributed by atoms with Gasteiger partial charge in [-0.25, -0.2) is 0 Å². The maximum atomic E-state index is 4.59. The van der Waals surface area contributed by atoms with E-state index >= 15 is 0 Å². The molecule has 2 nitrogen and oxygen atoms in total. The van der Waals surface area contributed by atoms with Crippen molar-refractivity contribution < 1.29 is 0 Å². The highest BCUT2D eigenvalue weighted by atomic mass is 15.0. The van der Waals surface area contributed by atoms with Crippen molar-refractivity contribution in [3.63, 3.8) is 0 Å². The van der Waals surface area contributed by atoms with E-state index < -0.39 is 0 Å². The van der Waals surface area contributed by atoms with Crippen molar-refractivity contribution in [3.8, 4) is 16.9 Å². The summed E-state index contributed by atoms with van der Waals surface area (Å²) in [7, 11) is 0. The average Bonchev–Trinajstić information content (AvgIpc) is 3.05. The number of aryl methyl sites for hydroxylation is 2. The number of hydrogen-bond acceptors (Lipinski definition) is 1. The minimum Gasteiger partial charge on any atom is -0.309 e. The van der Waals surface area contributed by atoms with E-state index in [-0.39, 0.29) is 0 Å². The van der Waals surface area contributed by atoms with Crippen molar-refractivity contribution in [1.29, 1.82) is 0 Å². The number of aromatic nitrogens is 2. The van der Waals surface area contributed by atoms with Crippen LogP contribution in [0.5, 0.6) is 0 Å². The quantitative estimate of drug-likeness (QED) is 0.358. The van der Waals surface area contributed by atoms with Gasteiger partial charge in [0, 0.05) is 28.2 Å². The van der Waals surface area contributed by atoms with E-state index in [0.717, 1.165) is 11.3 Å². The average molecular weight is 348 g/mol. The molecule has 0 aliphatic heterocycles. The molecule has 5 rings (SSSR count). The SMILES string of the molecule is Cc1cnc(-c2ccc(-n3c4ccccc4c4ccccc43)cc2)cc1C. The van der Waals surface area contributed by atoms with Gasteiger partial charge in [-0.05, 0) is 55.3 Å². The van der Waals surface area contributed by atoms with Gasteiger partial charge >= 0.3 is 0 Å². The van der Waals surface area contributed by atoms with Gasteiger partial charge in [0.15, 0.2) is 0 Å². The molecule has 0 radical (unpaired) electrons. The number of pyridine rings is 1. The molecule has 2 heteroatoms. The molecule has 0 bridgehead atoms. The van der Waals surface area contributed by atoms with Gasteiger partial charge in [-0.15, -0.1) is 0 Å². The Kier molecular flexibility index (Phi) is 3.58. The lowest BCUT2D eigenvalue weighted by atomic mass is 10.1. The fraction of sp³-hybridized carbons (Fsp3) is 0.0800. The molecule has 2 heterocycles. The molecule has 0 aliphatic rings. The standard InChI is InChI=1S/C25H20N2/c1-17-15-23(26-16-18(17)2)19-11-13-20(14-12-19)27-24-9-5-3-7-21(24)22-8-4-6-10-25(22)27/h3-16H,1-2H3. The fourth-order valence-corrected chi connectivity index (χ4v) is 3.76. The van der Waals surface area contributed by atoms with Crippen molar-refractivity contribution in [2.45, 2.75) is 13.8 Å². The van der Waals surface area contributed by atoms with Crippen molar-refractivity contribution >= 4 is 21.8 Å². The summed E-state index contributed by atoms with van der Waals surface area (Å²) in [5.41, 5.74) is 8.29. The van der Waals surface area contributed by atoms with E-state index in [1.807, 2.05) is 6.20 Å². The van der Waals surface area contributed by atoms with Crippen molar-refractivity contribution in [1.82, 2.24) is 9.55 Å². The van der Waals surface area contributed by atoms with E-state index in [1.54, 1.807) is 0 Å². The maximum absolute atomic E-state index is 4.59. The minimum absolute atomic E-state index is 1.02. The summed E-state index contributed by atoms with van der Waals surface area (Å²) in [6.07, 6.45) is 1.95. The molecular weight excluding hydrogens is 328 g/mol. The van der Waals surface area contributed by atoms with Crippen LogP contribution in [0, 0.1) is 13.8 Å². The molecule has 3 aromatic carbocycles. The van der Waals surface area contributed by atoms with Crippen LogP contribution >= 0.6 is 0 Å². The highest BCUT2D eigenvalue weighted by Gasteiger charge is 2.11. The molecule has 0 N–H and O–H groups in total. The third-order valence-electron chi connectivity index (χ3n) is 5.37. The topological polar surface area (TPSA) is 17.8 Å². The Bertz CT molecular complexity index is 1220. The molecule has 0 fully saturated rings. The van der Waals surface area contributed by atoms with E-state index in [0.29, 0.717) is 0 Å². The van der Waals surface area contributed by atoms with Crippen molar-refractivity contribution in [2.24, 2.45) is 0 Å². The summed E-state index contributed by atoms with van der Waals surface area (Å²) in [6.45, 7) is 4.23. The van der Waals surface area contributed by atoms with Gasteiger partial charge in [0.2, 0.25) is 0 Å². The first-order valence-electron chi connectivity index (χ1n) is 9.24. The van der Waals surface area contributed by atoms with Crippen LogP contribution in [0.4, 0.5) is 0 Å². The van der Waals surface area contributed by atoms with Gasteiger partial charge in [0.25, 0.3) is 0 Å². The molecule has 0 atom stereocenters. The van der Waals surface area contributed by atoms with Crippen LogP contribution in [-0.2, 0) is 0 Å². The molecule has 130 valence electrons. The monoisotopic (exact) mass is 348 g/mol. The first kappa shape index (κ1) is 15.8. The van der Waals surface area contributed by atoms with Gasteiger partial charge in [-0.2, -0.15) is 0 Å². The summed E-state index contributed by atoms with van der Waals surface area (Å²) >= 11 is 0. The smallest absolute Gasteiger partial charge is 0.0704 e.